The normalized spacial score (nSPS) is 20.4. The average molecular weight is 578 g/mol. The molecule has 228 valence electrons. The van der Waals surface area contributed by atoms with E-state index in [1.54, 1.807) is 6.07 Å². The van der Waals surface area contributed by atoms with Gasteiger partial charge in [-0.2, -0.15) is 13.2 Å². The van der Waals surface area contributed by atoms with Crippen LogP contribution in [-0.4, -0.2) is 59.7 Å². The first-order valence-corrected chi connectivity index (χ1v) is 15.1. The summed E-state index contributed by atoms with van der Waals surface area (Å²) in [5.41, 5.74) is 1.27. The van der Waals surface area contributed by atoms with Crippen LogP contribution in [0.1, 0.15) is 80.5 Å². The van der Waals surface area contributed by atoms with Gasteiger partial charge in [-0.15, -0.1) is 0 Å². The van der Waals surface area contributed by atoms with Gasteiger partial charge in [0.15, 0.2) is 0 Å². The highest BCUT2D eigenvalue weighted by Gasteiger charge is 2.30. The zero-order valence-electron chi connectivity index (χ0n) is 24.5. The highest BCUT2D eigenvalue weighted by atomic mass is 19.4. The second-order valence-corrected chi connectivity index (χ2v) is 11.8. The summed E-state index contributed by atoms with van der Waals surface area (Å²) in [7, 11) is 2.14. The molecule has 0 radical (unpaired) electrons. The molecule has 1 saturated carbocycles. The van der Waals surface area contributed by atoms with Gasteiger partial charge in [0.2, 0.25) is 0 Å². The molecule has 2 aliphatic heterocycles. The van der Waals surface area contributed by atoms with E-state index in [2.05, 4.69) is 34.5 Å². The van der Waals surface area contributed by atoms with Crippen LogP contribution in [0, 0.1) is 17.7 Å². The van der Waals surface area contributed by atoms with Crippen molar-refractivity contribution in [1.82, 2.24) is 14.8 Å². The molecule has 5 rings (SSSR count). The van der Waals surface area contributed by atoms with Crippen LogP contribution in [0.5, 0.6) is 0 Å². The summed E-state index contributed by atoms with van der Waals surface area (Å²) in [5.74, 6) is 2.21. The fourth-order valence-corrected chi connectivity index (χ4v) is 5.88. The van der Waals surface area contributed by atoms with Crippen molar-refractivity contribution in [1.29, 1.82) is 0 Å². The van der Waals surface area contributed by atoms with Crippen LogP contribution in [0.2, 0.25) is 0 Å². The highest BCUT2D eigenvalue weighted by molar-refractivity contribution is 5.22. The molecule has 1 aliphatic carbocycles. The van der Waals surface area contributed by atoms with Gasteiger partial charge in [-0.1, -0.05) is 38.0 Å². The maximum absolute atomic E-state index is 13.2. The molecule has 3 heterocycles. The largest absolute Gasteiger partial charge is 0.516 e. The van der Waals surface area contributed by atoms with Crippen LogP contribution in [-0.2, 0) is 12.6 Å². The second kappa shape index (κ2) is 16.9. The van der Waals surface area contributed by atoms with E-state index in [1.165, 1.54) is 75.7 Å². The van der Waals surface area contributed by atoms with Gasteiger partial charge in [-0.25, -0.2) is 4.39 Å². The van der Waals surface area contributed by atoms with E-state index in [9.17, 15) is 17.6 Å². The molecule has 0 bridgehead atoms. The van der Waals surface area contributed by atoms with E-state index in [-0.39, 0.29) is 5.82 Å². The minimum atomic E-state index is -4.29. The first-order valence-electron chi connectivity index (χ1n) is 15.1. The van der Waals surface area contributed by atoms with Gasteiger partial charge in [0.25, 0.3) is 0 Å². The molecule has 0 amide bonds. The van der Waals surface area contributed by atoms with Crippen molar-refractivity contribution in [3.8, 4) is 0 Å². The third-order valence-electron chi connectivity index (χ3n) is 8.71. The van der Waals surface area contributed by atoms with Crippen LogP contribution in [0.4, 0.5) is 17.6 Å². The third-order valence-corrected chi connectivity index (χ3v) is 8.71. The fraction of sp³-hybridized carbons (Fsp3) is 0.606. The van der Waals surface area contributed by atoms with Crippen molar-refractivity contribution in [3.63, 3.8) is 0 Å². The number of hydrogen-bond donors (Lipinski definition) is 1. The number of hydrogen-bond acceptors (Lipinski definition) is 4. The topological polar surface area (TPSA) is 39.6 Å². The van der Waals surface area contributed by atoms with Crippen molar-refractivity contribution in [2.75, 3.05) is 39.8 Å². The summed E-state index contributed by atoms with van der Waals surface area (Å²) in [6.45, 7) is 8.78. The van der Waals surface area contributed by atoms with E-state index in [4.69, 9.17) is 5.11 Å². The maximum atomic E-state index is 13.2. The van der Waals surface area contributed by atoms with Gasteiger partial charge < -0.3 is 14.9 Å². The number of alkyl halides is 3. The monoisotopic (exact) mass is 577 g/mol. The van der Waals surface area contributed by atoms with Crippen molar-refractivity contribution < 1.29 is 22.7 Å². The number of aliphatic hydroxyl groups excluding tert-OH is 1. The molecule has 41 heavy (non-hydrogen) atoms. The molecular weight excluding hydrogens is 530 g/mol. The molecule has 1 aromatic carbocycles. The lowest BCUT2D eigenvalue weighted by atomic mass is 9.83. The van der Waals surface area contributed by atoms with Gasteiger partial charge in [0.05, 0.1) is 11.8 Å². The first-order chi connectivity index (χ1) is 19.7. The number of aliphatic hydroxyl groups is 1. The Morgan fingerprint density at radius 2 is 1.71 bits per heavy atom. The molecule has 1 atom stereocenters. The van der Waals surface area contributed by atoms with Crippen LogP contribution < -0.4 is 0 Å². The number of rotatable bonds is 8. The SMILES string of the molecule is C=CO.CN1CCC(CCCc2ccc(C(F)(F)F)cn2)CC1.Fc1cccc([C@@H]2CCN(CCC3CCC3)C2)c1. The van der Waals surface area contributed by atoms with Gasteiger partial charge in [0, 0.05) is 18.4 Å². The van der Waals surface area contributed by atoms with E-state index in [0.717, 1.165) is 75.0 Å². The fourth-order valence-electron chi connectivity index (χ4n) is 5.88. The number of benzene rings is 1. The molecule has 8 heteroatoms. The Bertz CT molecular complexity index is 1020. The molecule has 2 aromatic rings. The number of piperidine rings is 1. The number of halogens is 4. The molecule has 3 fully saturated rings. The summed E-state index contributed by atoms with van der Waals surface area (Å²) in [6.07, 6.45) is 9.68. The molecule has 0 unspecified atom stereocenters. The number of aromatic nitrogens is 1. The first kappa shape index (κ1) is 33.1. The van der Waals surface area contributed by atoms with Crippen LogP contribution in [0.15, 0.2) is 55.4 Å². The Hall–Kier alpha value is -2.45. The Balaban J connectivity index is 0.000000207. The number of nitrogens with zero attached hydrogens (tertiary/aromatic N) is 3. The molecule has 1 N–H and O–H groups in total. The Morgan fingerprint density at radius 1 is 1.00 bits per heavy atom. The minimum Gasteiger partial charge on any atom is -0.516 e. The van der Waals surface area contributed by atoms with Crippen molar-refractivity contribution in [2.24, 2.45) is 11.8 Å². The van der Waals surface area contributed by atoms with Crippen LogP contribution >= 0.6 is 0 Å². The standard InChI is InChI=1S/C16H22FN.C15H21F3N2.C2H4O/c17-16-6-2-5-14(11-16)15-8-10-18(12-15)9-7-13-3-1-4-13;1-20-9-7-12(8-10-20)3-2-4-14-6-5-13(11-19-14)15(16,17)18;1-2-3/h2,5-6,11,13,15H,1,3-4,7-10,12H2;5-6,11-12H,2-4,7-10H2,1H3;2-3H,1H2/t15-;;/m1../s1. The predicted molar refractivity (Wildman–Crippen MR) is 157 cm³/mol. The third kappa shape index (κ3) is 11.8. The lowest BCUT2D eigenvalue weighted by molar-refractivity contribution is -0.137. The zero-order valence-corrected chi connectivity index (χ0v) is 24.5. The van der Waals surface area contributed by atoms with Gasteiger partial charge in [0.1, 0.15) is 5.82 Å². The quantitative estimate of drug-likeness (QED) is 0.253. The molecule has 4 nitrogen and oxygen atoms in total. The highest BCUT2D eigenvalue weighted by Crippen LogP contribution is 2.32. The van der Waals surface area contributed by atoms with E-state index in [0.29, 0.717) is 5.92 Å². The van der Waals surface area contributed by atoms with Gasteiger partial charge in [-0.3, -0.25) is 4.98 Å². The number of likely N-dealkylation sites (tertiary alicyclic amines) is 2. The number of pyridine rings is 1. The van der Waals surface area contributed by atoms with E-state index < -0.39 is 11.7 Å². The lowest BCUT2D eigenvalue weighted by Gasteiger charge is -2.28. The smallest absolute Gasteiger partial charge is 0.417 e. The lowest BCUT2D eigenvalue weighted by Crippen LogP contribution is -2.30. The Labute approximate surface area is 243 Å². The summed E-state index contributed by atoms with van der Waals surface area (Å²) < 4.78 is 50.4. The van der Waals surface area contributed by atoms with Crippen molar-refractivity contribution in [2.45, 2.75) is 76.3 Å². The summed E-state index contributed by atoms with van der Waals surface area (Å²) >= 11 is 0. The molecule has 1 aromatic heterocycles. The Morgan fingerprint density at radius 3 is 2.29 bits per heavy atom. The predicted octanol–water partition coefficient (Wildman–Crippen LogP) is 8.26. The Kier molecular flexibility index (Phi) is 13.6. The molecule has 0 spiro atoms. The van der Waals surface area contributed by atoms with Crippen molar-refractivity contribution >= 4 is 0 Å². The van der Waals surface area contributed by atoms with Gasteiger partial charge in [-0.05, 0) is 126 Å². The minimum absolute atomic E-state index is 0.0968. The molecular formula is C33H47F4N3O. The molecule has 2 saturated heterocycles. The van der Waals surface area contributed by atoms with Crippen molar-refractivity contribution in [3.05, 3.63) is 78.1 Å². The maximum Gasteiger partial charge on any atom is 0.417 e. The van der Waals surface area contributed by atoms with E-state index in [1.807, 2.05) is 6.07 Å². The van der Waals surface area contributed by atoms with Crippen LogP contribution in [0.25, 0.3) is 0 Å². The van der Waals surface area contributed by atoms with E-state index >= 15 is 0 Å². The summed E-state index contributed by atoms with van der Waals surface area (Å²) in [4.78, 5) is 8.82. The second-order valence-electron chi connectivity index (χ2n) is 11.8. The zero-order chi connectivity index (χ0) is 29.7. The van der Waals surface area contributed by atoms with Gasteiger partial charge >= 0.3 is 6.18 Å². The average Bonchev–Trinajstić information content (AvgIpc) is 3.39. The summed E-state index contributed by atoms with van der Waals surface area (Å²) in [6, 6.07) is 9.77. The summed E-state index contributed by atoms with van der Waals surface area (Å²) in [5, 5.41) is 7.33. The molecule has 3 aliphatic rings. The number of aryl methyl sites for hydroxylation is 1. The van der Waals surface area contributed by atoms with Crippen LogP contribution in [0.3, 0.4) is 0 Å².